The number of benzene rings is 1. The third-order valence-corrected chi connectivity index (χ3v) is 6.61. The minimum absolute atomic E-state index is 0.0825. The molecule has 5 heterocycles. The fourth-order valence-electron chi connectivity index (χ4n) is 5.03. The Labute approximate surface area is 181 Å². The highest BCUT2D eigenvalue weighted by atomic mass is 16.3. The number of carbonyl (C=O) groups excluding carboxylic acids is 2. The number of aryl methyl sites for hydroxylation is 1. The summed E-state index contributed by atoms with van der Waals surface area (Å²) in [5.74, 6) is 0.671. The van der Waals surface area contributed by atoms with Crippen molar-refractivity contribution in [1.82, 2.24) is 20.0 Å². The van der Waals surface area contributed by atoms with Crippen molar-refractivity contribution >= 4 is 34.9 Å². The summed E-state index contributed by atoms with van der Waals surface area (Å²) in [4.78, 5) is 37.8. The van der Waals surface area contributed by atoms with E-state index in [0.717, 1.165) is 49.2 Å². The number of amides is 2. The first-order valence-corrected chi connectivity index (χ1v) is 11.0. The van der Waals surface area contributed by atoms with Crippen molar-refractivity contribution in [1.29, 1.82) is 0 Å². The van der Waals surface area contributed by atoms with Gasteiger partial charge in [0.1, 0.15) is 0 Å². The van der Waals surface area contributed by atoms with Crippen molar-refractivity contribution in [2.75, 3.05) is 31.1 Å². The molecule has 9 nitrogen and oxygen atoms in total. The first-order valence-electron chi connectivity index (χ1n) is 11.0. The van der Waals surface area contributed by atoms with E-state index in [1.54, 1.807) is 0 Å². The molecule has 1 aromatic heterocycles. The van der Waals surface area contributed by atoms with Crippen LogP contribution in [0.2, 0.25) is 0 Å². The Morgan fingerprint density at radius 2 is 2.03 bits per heavy atom. The lowest BCUT2D eigenvalue weighted by Gasteiger charge is -2.44. The molecule has 2 bridgehead atoms. The summed E-state index contributed by atoms with van der Waals surface area (Å²) < 4.78 is 1.87. The predicted molar refractivity (Wildman–Crippen MR) is 116 cm³/mol. The van der Waals surface area contributed by atoms with Crippen molar-refractivity contribution in [3.8, 4) is 0 Å². The second kappa shape index (κ2) is 9.05. The summed E-state index contributed by atoms with van der Waals surface area (Å²) in [6.07, 6.45) is 3.85. The van der Waals surface area contributed by atoms with Gasteiger partial charge in [0.15, 0.2) is 5.69 Å². The van der Waals surface area contributed by atoms with Gasteiger partial charge in [0.2, 0.25) is 5.91 Å². The lowest BCUT2D eigenvalue weighted by molar-refractivity contribution is -0.123. The van der Waals surface area contributed by atoms with Crippen molar-refractivity contribution < 1.29 is 19.5 Å². The molecule has 1 atom stereocenters. The fourth-order valence-corrected chi connectivity index (χ4v) is 5.03. The molecular weight excluding hydrogens is 398 g/mol. The number of anilines is 1. The maximum Gasteiger partial charge on any atom is 0.290 e. The SMILES string of the molecule is CCn1nc(C(=O)N[C@@H]2CN3CCC2CC3)c2ccc(N3CCCC3=O)cc21.O=CO. The lowest BCUT2D eigenvalue weighted by atomic mass is 9.84. The van der Waals surface area contributed by atoms with E-state index in [-0.39, 0.29) is 24.3 Å². The lowest BCUT2D eigenvalue weighted by Crippen LogP contribution is -2.57. The van der Waals surface area contributed by atoms with Gasteiger partial charge in [-0.05, 0) is 63.4 Å². The number of carboxylic acid groups (broad SMARTS) is 1. The van der Waals surface area contributed by atoms with Crippen molar-refractivity contribution in [3.05, 3.63) is 23.9 Å². The van der Waals surface area contributed by atoms with E-state index in [4.69, 9.17) is 9.90 Å². The number of nitrogens with one attached hydrogen (secondary N) is 1. The molecule has 1 aromatic carbocycles. The molecule has 9 heteroatoms. The zero-order valence-electron chi connectivity index (χ0n) is 17.8. The fraction of sp³-hybridized carbons (Fsp3) is 0.545. The molecule has 31 heavy (non-hydrogen) atoms. The molecule has 6 rings (SSSR count). The third kappa shape index (κ3) is 4.14. The average molecular weight is 428 g/mol. The van der Waals surface area contributed by atoms with Crippen LogP contribution in [-0.2, 0) is 16.1 Å². The number of hydrogen-bond donors (Lipinski definition) is 2. The molecule has 0 spiro atoms. The van der Waals surface area contributed by atoms with E-state index < -0.39 is 0 Å². The second-order valence-corrected chi connectivity index (χ2v) is 8.34. The standard InChI is InChI=1S/C21H27N5O2.CH2O2/c1-2-26-18-12-15(25-9-3-4-19(25)27)5-6-16(18)20(23-26)21(28)22-17-13-24-10-7-14(17)8-11-24;2-1-3/h5-6,12,14,17H,2-4,7-11,13H2,1H3,(H,22,28);1H,(H,2,3)/t17-;/m1./s1. The van der Waals surface area contributed by atoms with Crippen LogP contribution in [0.15, 0.2) is 18.2 Å². The summed E-state index contributed by atoms with van der Waals surface area (Å²) in [5.41, 5.74) is 2.31. The van der Waals surface area contributed by atoms with Crippen molar-refractivity contribution in [2.45, 2.75) is 45.2 Å². The quantitative estimate of drug-likeness (QED) is 0.720. The summed E-state index contributed by atoms with van der Waals surface area (Å²) >= 11 is 0. The van der Waals surface area contributed by atoms with Gasteiger partial charge in [0.05, 0.1) is 5.52 Å². The van der Waals surface area contributed by atoms with Gasteiger partial charge < -0.3 is 20.2 Å². The molecule has 4 fully saturated rings. The van der Waals surface area contributed by atoms with E-state index >= 15 is 0 Å². The highest BCUT2D eigenvalue weighted by Crippen LogP contribution is 2.30. The van der Waals surface area contributed by atoms with Crippen LogP contribution >= 0.6 is 0 Å². The van der Waals surface area contributed by atoms with Crippen molar-refractivity contribution in [2.24, 2.45) is 5.92 Å². The molecule has 2 aromatic rings. The Kier molecular flexibility index (Phi) is 6.22. The summed E-state index contributed by atoms with van der Waals surface area (Å²) in [6, 6.07) is 6.11. The molecule has 2 N–H and O–H groups in total. The molecule has 0 radical (unpaired) electrons. The molecule has 2 amide bonds. The van der Waals surface area contributed by atoms with Gasteiger partial charge in [-0.1, -0.05) is 0 Å². The third-order valence-electron chi connectivity index (χ3n) is 6.61. The Balaban J connectivity index is 0.000000730. The number of nitrogens with zero attached hydrogens (tertiary/aromatic N) is 4. The summed E-state index contributed by atoms with van der Waals surface area (Å²) in [6.45, 7) is 6.47. The summed E-state index contributed by atoms with van der Waals surface area (Å²) in [7, 11) is 0. The van der Waals surface area contributed by atoms with Gasteiger partial charge in [-0.25, -0.2) is 0 Å². The number of piperidine rings is 3. The van der Waals surface area contributed by atoms with E-state index in [9.17, 15) is 9.59 Å². The molecule has 4 saturated heterocycles. The van der Waals surface area contributed by atoms with Crippen molar-refractivity contribution in [3.63, 3.8) is 0 Å². The molecular formula is C22H29N5O4. The van der Waals surface area contributed by atoms with Crippen LogP contribution in [0.1, 0.15) is 43.1 Å². The largest absolute Gasteiger partial charge is 0.483 e. The highest BCUT2D eigenvalue weighted by Gasteiger charge is 2.35. The van der Waals surface area contributed by atoms with Crippen LogP contribution in [0.25, 0.3) is 10.9 Å². The molecule has 0 unspecified atom stereocenters. The smallest absolute Gasteiger partial charge is 0.290 e. The van der Waals surface area contributed by atoms with Gasteiger partial charge >= 0.3 is 0 Å². The van der Waals surface area contributed by atoms with Crippen LogP contribution in [-0.4, -0.2) is 70.3 Å². The zero-order chi connectivity index (χ0) is 22.0. The van der Waals surface area contributed by atoms with Crippen LogP contribution in [0.4, 0.5) is 5.69 Å². The van der Waals surface area contributed by atoms with Gasteiger partial charge in [-0.15, -0.1) is 0 Å². The van der Waals surface area contributed by atoms with Crippen LogP contribution in [0.5, 0.6) is 0 Å². The molecule has 4 aliphatic heterocycles. The van der Waals surface area contributed by atoms with E-state index in [1.807, 2.05) is 34.7 Å². The minimum Gasteiger partial charge on any atom is -0.483 e. The van der Waals surface area contributed by atoms with Crippen LogP contribution in [0.3, 0.4) is 0 Å². The maximum atomic E-state index is 13.1. The monoisotopic (exact) mass is 427 g/mol. The van der Waals surface area contributed by atoms with E-state index in [1.165, 1.54) is 12.8 Å². The Morgan fingerprint density at radius 1 is 1.29 bits per heavy atom. The first kappa shape index (κ1) is 21.3. The number of carbonyl (C=O) groups is 3. The van der Waals surface area contributed by atoms with Gasteiger partial charge in [-0.2, -0.15) is 5.10 Å². The maximum absolute atomic E-state index is 13.1. The summed E-state index contributed by atoms with van der Waals surface area (Å²) in [5, 5.41) is 15.6. The first-order chi connectivity index (χ1) is 15.0. The highest BCUT2D eigenvalue weighted by molar-refractivity contribution is 6.06. The second-order valence-electron chi connectivity index (χ2n) is 8.34. The van der Waals surface area contributed by atoms with Gasteiger partial charge in [0.25, 0.3) is 12.4 Å². The molecule has 0 saturated carbocycles. The normalized spacial score (nSPS) is 24.7. The number of rotatable bonds is 4. The number of aromatic nitrogens is 2. The number of fused-ring (bicyclic) bond motifs is 4. The van der Waals surface area contributed by atoms with Gasteiger partial charge in [-0.3, -0.25) is 19.1 Å². The zero-order valence-corrected chi connectivity index (χ0v) is 17.8. The Hall–Kier alpha value is -2.94. The average Bonchev–Trinajstić information content (AvgIpc) is 3.38. The van der Waals surface area contributed by atoms with Gasteiger partial charge in [0, 0.05) is 43.2 Å². The van der Waals surface area contributed by atoms with E-state index in [2.05, 4.69) is 15.3 Å². The molecule has 166 valence electrons. The van der Waals surface area contributed by atoms with E-state index in [0.29, 0.717) is 24.6 Å². The molecule has 0 aliphatic carbocycles. The topological polar surface area (TPSA) is 108 Å². The minimum atomic E-state index is -0.250. The number of hydrogen-bond acceptors (Lipinski definition) is 5. The Bertz CT molecular complexity index is 980. The Morgan fingerprint density at radius 3 is 2.61 bits per heavy atom. The molecule has 4 aliphatic rings. The van der Waals surface area contributed by atoms with Crippen LogP contribution in [0, 0.1) is 5.92 Å². The van der Waals surface area contributed by atoms with Crippen LogP contribution < -0.4 is 10.2 Å². The predicted octanol–water partition coefficient (Wildman–Crippen LogP) is 1.71.